The average molecular weight is 395 g/mol. The van der Waals surface area contributed by atoms with Crippen LogP contribution >= 0.6 is 0 Å². The Morgan fingerprint density at radius 1 is 1.03 bits per heavy atom. The maximum Gasteiger partial charge on any atom is 0.335 e. The number of amides is 1. The molecular weight excluding hydrogens is 370 g/mol. The first-order valence-corrected chi connectivity index (χ1v) is 9.77. The van der Waals surface area contributed by atoms with Gasteiger partial charge in [-0.3, -0.25) is 9.59 Å². The molecule has 0 saturated carbocycles. The minimum atomic E-state index is -0.981. The molecule has 2 aromatic rings. The van der Waals surface area contributed by atoms with Crippen LogP contribution in [0.4, 0.5) is 0 Å². The quantitative estimate of drug-likeness (QED) is 0.726. The fourth-order valence-electron chi connectivity index (χ4n) is 3.73. The molecule has 0 aromatic heterocycles. The molecule has 6 heteroatoms. The maximum absolute atomic E-state index is 12.7. The summed E-state index contributed by atoms with van der Waals surface area (Å²) in [6, 6.07) is 13.9. The highest BCUT2D eigenvalue weighted by molar-refractivity contribution is 5.98. The number of likely N-dealkylation sites (tertiary alicyclic amines) is 1. The summed E-state index contributed by atoms with van der Waals surface area (Å²) in [6.45, 7) is 1.10. The van der Waals surface area contributed by atoms with Gasteiger partial charge in [-0.2, -0.15) is 0 Å². The van der Waals surface area contributed by atoms with E-state index < -0.39 is 5.97 Å². The third kappa shape index (κ3) is 5.02. The van der Waals surface area contributed by atoms with E-state index in [1.165, 1.54) is 0 Å². The molecule has 3 rings (SSSR count). The molecule has 0 spiro atoms. The number of hydrogen-bond donors (Lipinski definition) is 1. The Hall–Kier alpha value is -3.15. The van der Waals surface area contributed by atoms with Crippen molar-refractivity contribution in [2.75, 3.05) is 20.2 Å². The molecule has 1 saturated heterocycles. The van der Waals surface area contributed by atoms with Gasteiger partial charge in [-0.1, -0.05) is 18.2 Å². The number of rotatable bonds is 7. The average Bonchev–Trinajstić information content (AvgIpc) is 2.77. The lowest BCUT2D eigenvalue weighted by Gasteiger charge is -2.31. The molecule has 2 aromatic carbocycles. The Morgan fingerprint density at radius 3 is 2.31 bits per heavy atom. The van der Waals surface area contributed by atoms with Crippen LogP contribution in [0, 0.1) is 5.92 Å². The summed E-state index contributed by atoms with van der Waals surface area (Å²) < 4.78 is 5.12. The molecule has 1 fully saturated rings. The second-order valence-corrected chi connectivity index (χ2v) is 7.21. The number of Topliss-reactive ketones (excluding diaryl/α,β-unsaturated/α-hetero) is 1. The first-order valence-electron chi connectivity index (χ1n) is 9.77. The Labute approximate surface area is 170 Å². The largest absolute Gasteiger partial charge is 0.497 e. The Bertz CT molecular complexity index is 882. The number of methoxy groups -OCH3 is 1. The lowest BCUT2D eigenvalue weighted by molar-refractivity contribution is -0.132. The van der Waals surface area contributed by atoms with Crippen molar-refractivity contribution in [2.45, 2.75) is 25.7 Å². The summed E-state index contributed by atoms with van der Waals surface area (Å²) in [4.78, 5) is 38.3. The number of carbonyl (C=O) groups excluding carboxylic acids is 2. The van der Waals surface area contributed by atoms with Crippen LogP contribution in [-0.4, -0.2) is 47.9 Å². The van der Waals surface area contributed by atoms with Gasteiger partial charge in [0.2, 0.25) is 5.91 Å². The first-order chi connectivity index (χ1) is 14.0. The van der Waals surface area contributed by atoms with Crippen LogP contribution in [-0.2, 0) is 11.2 Å². The highest BCUT2D eigenvalue weighted by Crippen LogP contribution is 2.24. The number of benzene rings is 2. The van der Waals surface area contributed by atoms with Crippen LogP contribution < -0.4 is 4.74 Å². The molecule has 0 radical (unpaired) electrons. The first kappa shape index (κ1) is 20.6. The van der Waals surface area contributed by atoms with Crippen LogP contribution in [0.15, 0.2) is 48.5 Å². The predicted molar refractivity (Wildman–Crippen MR) is 108 cm³/mol. The second-order valence-electron chi connectivity index (χ2n) is 7.21. The molecule has 6 nitrogen and oxygen atoms in total. The number of carboxylic acids is 1. The highest BCUT2D eigenvalue weighted by Gasteiger charge is 2.28. The van der Waals surface area contributed by atoms with E-state index in [0.29, 0.717) is 49.2 Å². The zero-order chi connectivity index (χ0) is 20.8. The number of nitrogens with zero attached hydrogens (tertiary/aromatic N) is 1. The summed E-state index contributed by atoms with van der Waals surface area (Å²) in [5.74, 6) is -0.242. The van der Waals surface area contributed by atoms with Gasteiger partial charge >= 0.3 is 5.97 Å². The number of ketones is 1. The molecule has 1 heterocycles. The molecule has 0 aliphatic carbocycles. The number of aromatic carboxylic acids is 1. The molecule has 29 heavy (non-hydrogen) atoms. The Kier molecular flexibility index (Phi) is 6.65. The third-order valence-electron chi connectivity index (χ3n) is 5.45. The van der Waals surface area contributed by atoms with Gasteiger partial charge in [-0.05, 0) is 55.2 Å². The number of carboxylic acid groups (broad SMARTS) is 1. The van der Waals surface area contributed by atoms with Crippen LogP contribution in [0.5, 0.6) is 5.75 Å². The molecular formula is C23H25NO5. The van der Waals surface area contributed by atoms with E-state index in [9.17, 15) is 19.5 Å². The van der Waals surface area contributed by atoms with E-state index in [1.807, 2.05) is 0 Å². The molecule has 0 atom stereocenters. The van der Waals surface area contributed by atoms with Gasteiger partial charge in [0, 0.05) is 31.0 Å². The molecule has 1 N–H and O–H groups in total. The lowest BCUT2D eigenvalue weighted by Crippen LogP contribution is -2.40. The monoisotopic (exact) mass is 395 g/mol. The van der Waals surface area contributed by atoms with Gasteiger partial charge in [0.15, 0.2) is 5.78 Å². The summed E-state index contributed by atoms with van der Waals surface area (Å²) in [5.41, 5.74) is 1.57. The highest BCUT2D eigenvalue weighted by atomic mass is 16.5. The van der Waals surface area contributed by atoms with Gasteiger partial charge in [0.1, 0.15) is 5.75 Å². The Morgan fingerprint density at radius 2 is 1.69 bits per heavy atom. The lowest BCUT2D eigenvalue weighted by atomic mass is 9.88. The van der Waals surface area contributed by atoms with Crippen molar-refractivity contribution in [1.82, 2.24) is 4.90 Å². The standard InChI is InChI=1S/C23H25NO5/c1-29-19-9-6-17(7-10-19)22(26)18-12-14-24(15-13-18)21(25)11-8-16-4-2-3-5-20(16)23(27)28/h2-7,9-10,18H,8,11-15H2,1H3,(H,27,28). The van der Waals surface area contributed by atoms with Gasteiger partial charge in [0.05, 0.1) is 12.7 Å². The van der Waals surface area contributed by atoms with E-state index in [4.69, 9.17) is 4.74 Å². The van der Waals surface area contributed by atoms with Crippen molar-refractivity contribution >= 4 is 17.7 Å². The van der Waals surface area contributed by atoms with Crippen LogP contribution in [0.3, 0.4) is 0 Å². The van der Waals surface area contributed by atoms with Crippen molar-refractivity contribution in [2.24, 2.45) is 5.92 Å². The van der Waals surface area contributed by atoms with E-state index in [0.717, 1.165) is 0 Å². The van der Waals surface area contributed by atoms with Crippen molar-refractivity contribution in [3.8, 4) is 5.75 Å². The van der Waals surface area contributed by atoms with Gasteiger partial charge in [-0.15, -0.1) is 0 Å². The summed E-state index contributed by atoms with van der Waals surface area (Å²) in [5, 5.41) is 9.25. The minimum Gasteiger partial charge on any atom is -0.497 e. The van der Waals surface area contributed by atoms with E-state index in [2.05, 4.69) is 0 Å². The minimum absolute atomic E-state index is 0.000498. The third-order valence-corrected chi connectivity index (χ3v) is 5.45. The molecule has 1 aliphatic heterocycles. The van der Waals surface area contributed by atoms with Gasteiger partial charge in [-0.25, -0.2) is 4.79 Å². The fraction of sp³-hybridized carbons (Fsp3) is 0.348. The SMILES string of the molecule is COc1ccc(C(=O)C2CCN(C(=O)CCc3ccccc3C(=O)O)CC2)cc1. The predicted octanol–water partition coefficient (Wildman–Crippen LogP) is 3.45. The topological polar surface area (TPSA) is 83.9 Å². The normalized spacial score (nSPS) is 14.4. The Balaban J connectivity index is 1.51. The number of hydrogen-bond acceptors (Lipinski definition) is 4. The molecule has 0 unspecified atom stereocenters. The van der Waals surface area contributed by atoms with Crippen molar-refractivity contribution in [3.05, 3.63) is 65.2 Å². The van der Waals surface area contributed by atoms with Crippen molar-refractivity contribution < 1.29 is 24.2 Å². The van der Waals surface area contributed by atoms with E-state index >= 15 is 0 Å². The number of ether oxygens (including phenoxy) is 1. The number of carbonyl (C=O) groups is 3. The van der Waals surface area contributed by atoms with E-state index in [1.54, 1.807) is 60.5 Å². The zero-order valence-electron chi connectivity index (χ0n) is 16.5. The van der Waals surface area contributed by atoms with E-state index in [-0.39, 0.29) is 29.6 Å². The molecule has 152 valence electrons. The van der Waals surface area contributed by atoms with Crippen LogP contribution in [0.2, 0.25) is 0 Å². The number of aryl methyl sites for hydroxylation is 1. The van der Waals surface area contributed by atoms with Crippen LogP contribution in [0.1, 0.15) is 45.5 Å². The molecule has 0 bridgehead atoms. The molecule has 1 amide bonds. The van der Waals surface area contributed by atoms with Gasteiger partial charge in [0.25, 0.3) is 0 Å². The van der Waals surface area contributed by atoms with Gasteiger partial charge < -0.3 is 14.7 Å². The smallest absolute Gasteiger partial charge is 0.335 e. The van der Waals surface area contributed by atoms with Crippen LogP contribution in [0.25, 0.3) is 0 Å². The zero-order valence-corrected chi connectivity index (χ0v) is 16.5. The number of piperidine rings is 1. The maximum atomic E-state index is 12.7. The second kappa shape index (κ2) is 9.37. The summed E-state index contributed by atoms with van der Waals surface area (Å²) in [7, 11) is 1.59. The molecule has 1 aliphatic rings. The van der Waals surface area contributed by atoms with Crippen molar-refractivity contribution in [3.63, 3.8) is 0 Å². The summed E-state index contributed by atoms with van der Waals surface area (Å²) in [6.07, 6.45) is 1.94. The fourth-order valence-corrected chi connectivity index (χ4v) is 3.73. The summed E-state index contributed by atoms with van der Waals surface area (Å²) >= 11 is 0. The van der Waals surface area contributed by atoms with Crippen molar-refractivity contribution in [1.29, 1.82) is 0 Å².